The Morgan fingerprint density at radius 2 is 2.19 bits per heavy atom. The Morgan fingerprint density at radius 1 is 1.42 bits per heavy atom. The maximum absolute atomic E-state index is 12.3. The molecule has 0 bridgehead atoms. The van der Waals surface area contributed by atoms with Crippen LogP contribution in [0, 0.1) is 12.8 Å². The van der Waals surface area contributed by atoms with Gasteiger partial charge in [-0.2, -0.15) is 0 Å². The van der Waals surface area contributed by atoms with Crippen LogP contribution in [0.1, 0.15) is 39.8 Å². The van der Waals surface area contributed by atoms with Crippen molar-refractivity contribution < 1.29 is 9.59 Å². The average Bonchev–Trinajstić information content (AvgIpc) is 2.92. The zero-order valence-electron chi connectivity index (χ0n) is 14.4. The zero-order valence-corrected chi connectivity index (χ0v) is 16.1. The SMILES string of the molecule is Cc1nnc(SCC(=O)Nc2sc3c(c2C(N)=O)CC[C@H](C)C3)[nH]c1=O. The number of aryl methyl sites for hydroxylation is 1. The molecule has 138 valence electrons. The number of primary amides is 1. The van der Waals surface area contributed by atoms with E-state index in [9.17, 15) is 14.4 Å². The topological polar surface area (TPSA) is 131 Å². The van der Waals surface area contributed by atoms with Gasteiger partial charge in [0.05, 0.1) is 11.3 Å². The van der Waals surface area contributed by atoms with Gasteiger partial charge in [0.25, 0.3) is 11.5 Å². The number of nitrogens with one attached hydrogen (secondary N) is 2. The molecule has 0 unspecified atom stereocenters. The zero-order chi connectivity index (χ0) is 18.8. The molecule has 0 fully saturated rings. The van der Waals surface area contributed by atoms with Crippen molar-refractivity contribution in [1.29, 1.82) is 0 Å². The van der Waals surface area contributed by atoms with Gasteiger partial charge in [0.15, 0.2) is 5.16 Å². The van der Waals surface area contributed by atoms with Gasteiger partial charge in [-0.25, -0.2) is 0 Å². The van der Waals surface area contributed by atoms with Gasteiger partial charge in [0.1, 0.15) is 10.7 Å². The molecule has 2 aromatic rings. The maximum Gasteiger partial charge on any atom is 0.273 e. The number of nitrogens with zero attached hydrogens (tertiary/aromatic N) is 2. The summed E-state index contributed by atoms with van der Waals surface area (Å²) in [6.07, 6.45) is 2.70. The molecule has 10 heteroatoms. The summed E-state index contributed by atoms with van der Waals surface area (Å²) in [6, 6.07) is 0. The third-order valence-electron chi connectivity index (χ3n) is 4.19. The van der Waals surface area contributed by atoms with Crippen molar-refractivity contribution in [2.45, 2.75) is 38.3 Å². The van der Waals surface area contributed by atoms with Crippen LogP contribution < -0.4 is 16.6 Å². The number of rotatable bonds is 5. The van der Waals surface area contributed by atoms with Gasteiger partial charge in [-0.3, -0.25) is 19.4 Å². The summed E-state index contributed by atoms with van der Waals surface area (Å²) in [7, 11) is 0. The maximum atomic E-state index is 12.3. The third kappa shape index (κ3) is 3.96. The molecule has 1 aliphatic carbocycles. The molecule has 1 atom stereocenters. The van der Waals surface area contributed by atoms with E-state index < -0.39 is 5.91 Å². The number of aromatic nitrogens is 3. The van der Waals surface area contributed by atoms with E-state index in [4.69, 9.17) is 5.73 Å². The minimum absolute atomic E-state index is 0.0326. The minimum atomic E-state index is -0.520. The van der Waals surface area contributed by atoms with Gasteiger partial charge in [-0.05, 0) is 37.7 Å². The predicted molar refractivity (Wildman–Crippen MR) is 101 cm³/mol. The van der Waals surface area contributed by atoms with Crippen LogP contribution in [0.3, 0.4) is 0 Å². The highest BCUT2D eigenvalue weighted by Crippen LogP contribution is 2.39. The lowest BCUT2D eigenvalue weighted by Crippen LogP contribution is -2.20. The molecule has 0 aromatic carbocycles. The molecule has 2 heterocycles. The molecule has 0 spiro atoms. The average molecular weight is 393 g/mol. The Bertz CT molecular complexity index is 921. The van der Waals surface area contributed by atoms with Crippen molar-refractivity contribution in [1.82, 2.24) is 15.2 Å². The highest BCUT2D eigenvalue weighted by Gasteiger charge is 2.27. The molecule has 8 nitrogen and oxygen atoms in total. The molecular weight excluding hydrogens is 374 g/mol. The van der Waals surface area contributed by atoms with Crippen LogP contribution in [0.2, 0.25) is 0 Å². The van der Waals surface area contributed by atoms with Crippen molar-refractivity contribution in [3.8, 4) is 0 Å². The van der Waals surface area contributed by atoms with Crippen molar-refractivity contribution in [3.63, 3.8) is 0 Å². The molecular formula is C16H19N5O3S2. The summed E-state index contributed by atoms with van der Waals surface area (Å²) < 4.78 is 0. The van der Waals surface area contributed by atoms with E-state index >= 15 is 0 Å². The first-order valence-electron chi connectivity index (χ1n) is 8.15. The number of thiophene rings is 1. The summed E-state index contributed by atoms with van der Waals surface area (Å²) in [5.74, 6) is -0.232. The molecule has 0 aliphatic heterocycles. The fourth-order valence-electron chi connectivity index (χ4n) is 2.84. The van der Waals surface area contributed by atoms with Crippen LogP contribution in [0.5, 0.6) is 0 Å². The number of aromatic amines is 1. The second-order valence-corrected chi connectivity index (χ2v) is 8.37. The largest absolute Gasteiger partial charge is 0.365 e. The number of H-pyrrole nitrogens is 1. The molecule has 2 amide bonds. The first-order chi connectivity index (χ1) is 12.3. The number of nitrogens with two attached hydrogens (primary N) is 1. The molecule has 0 radical (unpaired) electrons. The lowest BCUT2D eigenvalue weighted by Gasteiger charge is -2.18. The van der Waals surface area contributed by atoms with Crippen LogP contribution in [0.15, 0.2) is 9.95 Å². The van der Waals surface area contributed by atoms with E-state index in [2.05, 4.69) is 27.4 Å². The Hall–Kier alpha value is -2.20. The molecule has 0 saturated carbocycles. The number of anilines is 1. The number of fused-ring (bicyclic) bond motifs is 1. The standard InChI is InChI=1S/C16H19N5O3S2/c1-7-3-4-9-10(5-7)26-15(12(9)13(17)23)18-11(22)6-25-16-19-14(24)8(2)20-21-16/h7H,3-6H2,1-2H3,(H2,17,23)(H,18,22)(H,19,21,24)/t7-/m0/s1. The predicted octanol–water partition coefficient (Wildman–Crippen LogP) is 1.49. The summed E-state index contributed by atoms with van der Waals surface area (Å²) in [6.45, 7) is 3.72. The van der Waals surface area contributed by atoms with Crippen molar-refractivity contribution in [2.75, 3.05) is 11.1 Å². The fraction of sp³-hybridized carbons (Fsp3) is 0.438. The van der Waals surface area contributed by atoms with E-state index in [0.29, 0.717) is 16.5 Å². The molecule has 1 aliphatic rings. The van der Waals surface area contributed by atoms with E-state index in [1.54, 1.807) is 6.92 Å². The molecule has 2 aromatic heterocycles. The highest BCUT2D eigenvalue weighted by molar-refractivity contribution is 7.99. The van der Waals surface area contributed by atoms with E-state index in [-0.39, 0.29) is 28.1 Å². The van der Waals surface area contributed by atoms with Gasteiger partial charge in [-0.15, -0.1) is 21.5 Å². The number of hydrogen-bond acceptors (Lipinski definition) is 7. The Kier molecular flexibility index (Phi) is 5.42. The normalized spacial score (nSPS) is 16.2. The summed E-state index contributed by atoms with van der Waals surface area (Å²) >= 11 is 2.49. The van der Waals surface area contributed by atoms with E-state index in [0.717, 1.165) is 41.5 Å². The molecule has 0 saturated heterocycles. The van der Waals surface area contributed by atoms with E-state index in [1.807, 2.05) is 0 Å². The first kappa shape index (κ1) is 18.6. The lowest BCUT2D eigenvalue weighted by molar-refractivity contribution is -0.113. The Balaban J connectivity index is 1.72. The van der Waals surface area contributed by atoms with Crippen LogP contribution in [-0.2, 0) is 17.6 Å². The van der Waals surface area contributed by atoms with Gasteiger partial charge in [-0.1, -0.05) is 18.7 Å². The smallest absolute Gasteiger partial charge is 0.273 e. The first-order valence-corrected chi connectivity index (χ1v) is 9.96. The van der Waals surface area contributed by atoms with Crippen LogP contribution in [-0.4, -0.2) is 32.7 Å². The monoisotopic (exact) mass is 393 g/mol. The second kappa shape index (κ2) is 7.58. The van der Waals surface area contributed by atoms with E-state index in [1.165, 1.54) is 11.3 Å². The van der Waals surface area contributed by atoms with Crippen LogP contribution >= 0.6 is 23.1 Å². The van der Waals surface area contributed by atoms with Crippen LogP contribution in [0.4, 0.5) is 5.00 Å². The number of carbonyl (C=O) groups is 2. The van der Waals surface area contributed by atoms with Gasteiger partial charge in [0.2, 0.25) is 5.91 Å². The Morgan fingerprint density at radius 3 is 2.88 bits per heavy atom. The van der Waals surface area contributed by atoms with Gasteiger partial charge >= 0.3 is 0 Å². The molecule has 4 N–H and O–H groups in total. The van der Waals surface area contributed by atoms with Gasteiger partial charge in [0, 0.05) is 4.88 Å². The van der Waals surface area contributed by atoms with Gasteiger partial charge < -0.3 is 11.1 Å². The number of carbonyl (C=O) groups excluding carboxylic acids is 2. The summed E-state index contributed by atoms with van der Waals surface area (Å²) in [5, 5.41) is 11.1. The number of thioether (sulfide) groups is 1. The van der Waals surface area contributed by atoms with Crippen molar-refractivity contribution in [3.05, 3.63) is 32.1 Å². The Labute approximate surface area is 158 Å². The van der Waals surface area contributed by atoms with Crippen LogP contribution in [0.25, 0.3) is 0 Å². The summed E-state index contributed by atoms with van der Waals surface area (Å²) in [5.41, 5.74) is 6.87. The fourth-order valence-corrected chi connectivity index (χ4v) is 4.88. The van der Waals surface area contributed by atoms with Crippen molar-refractivity contribution in [2.24, 2.45) is 11.7 Å². The quantitative estimate of drug-likeness (QED) is 0.660. The number of hydrogen-bond donors (Lipinski definition) is 3. The molecule has 3 rings (SSSR count). The summed E-state index contributed by atoms with van der Waals surface area (Å²) in [4.78, 5) is 39.3. The van der Waals surface area contributed by atoms with Crippen molar-refractivity contribution >= 4 is 39.9 Å². The minimum Gasteiger partial charge on any atom is -0.365 e. The highest BCUT2D eigenvalue weighted by atomic mass is 32.2. The third-order valence-corrected chi connectivity index (χ3v) is 6.22. The molecule has 26 heavy (non-hydrogen) atoms. The second-order valence-electron chi connectivity index (χ2n) is 6.30. The lowest BCUT2D eigenvalue weighted by atomic mass is 9.88. The number of amides is 2.